The molecule has 0 aromatic heterocycles. The molecule has 0 heterocycles. The predicted octanol–water partition coefficient (Wildman–Crippen LogP) is 3.67. The second kappa shape index (κ2) is 7.92. The first-order valence-corrected chi connectivity index (χ1v) is 9.87. The van der Waals surface area contributed by atoms with Crippen LogP contribution in [0.25, 0.3) is 0 Å². The number of ether oxygens (including phenoxy) is 1. The van der Waals surface area contributed by atoms with Crippen LogP contribution in [0.1, 0.15) is 1.37 Å². The SMILES string of the molecule is [2H]/C(=C\[P+](c1ccccc1)(c1ccccc1)c1ccccc1)C(=O)OC. The summed E-state index contributed by atoms with van der Waals surface area (Å²) in [5, 5.41) is 3.27. The van der Waals surface area contributed by atoms with Crippen molar-refractivity contribution in [3.05, 3.63) is 103 Å². The Labute approximate surface area is 150 Å². The van der Waals surface area contributed by atoms with Crippen LogP contribution < -0.4 is 15.9 Å². The van der Waals surface area contributed by atoms with Crippen LogP contribution in [-0.2, 0) is 9.53 Å². The van der Waals surface area contributed by atoms with Gasteiger partial charge >= 0.3 is 5.97 Å². The zero-order valence-corrected chi connectivity index (χ0v) is 14.9. The van der Waals surface area contributed by atoms with Gasteiger partial charge in [-0.3, -0.25) is 0 Å². The lowest BCUT2D eigenvalue weighted by atomic mass is 10.4. The summed E-state index contributed by atoms with van der Waals surface area (Å²) < 4.78 is 13.1. The minimum absolute atomic E-state index is 0.127. The van der Waals surface area contributed by atoms with Crippen LogP contribution in [0.3, 0.4) is 0 Å². The largest absolute Gasteiger partial charge is 0.466 e. The Morgan fingerprint density at radius 2 is 1.16 bits per heavy atom. The highest BCUT2D eigenvalue weighted by atomic mass is 31.2. The van der Waals surface area contributed by atoms with Crippen LogP contribution in [0, 0.1) is 0 Å². The Balaban J connectivity index is 2.38. The molecule has 0 unspecified atom stereocenters. The standard InChI is InChI=1S/C22H20O2P/c1-24-22(23)17-18-25(19-11-5-2-6-12-19,20-13-7-3-8-14-20)21-15-9-4-10-16-21/h2-18H,1H3/q+1/b18-17+/i17D. The van der Waals surface area contributed by atoms with Crippen molar-refractivity contribution in [2.75, 3.05) is 7.11 Å². The zero-order chi connectivity index (χ0) is 18.4. The second-order valence-electron chi connectivity index (χ2n) is 5.49. The molecular formula is C22H20O2P+. The quantitative estimate of drug-likeness (QED) is 0.400. The molecule has 3 heteroatoms. The van der Waals surface area contributed by atoms with Crippen molar-refractivity contribution in [1.82, 2.24) is 0 Å². The van der Waals surface area contributed by atoms with E-state index in [1.165, 1.54) is 7.11 Å². The normalized spacial score (nSPS) is 12.4. The van der Waals surface area contributed by atoms with E-state index in [1.807, 2.05) is 54.6 Å². The highest BCUT2D eigenvalue weighted by Crippen LogP contribution is 2.56. The van der Waals surface area contributed by atoms with Crippen LogP contribution in [0.15, 0.2) is 103 Å². The van der Waals surface area contributed by atoms with Gasteiger partial charge in [-0.2, -0.15) is 0 Å². The third-order valence-corrected chi connectivity index (χ3v) is 7.91. The summed E-state index contributed by atoms with van der Waals surface area (Å²) in [6.45, 7) is 0. The molecule has 0 N–H and O–H groups in total. The molecule has 0 spiro atoms. The highest BCUT2D eigenvalue weighted by molar-refractivity contribution is 7.98. The van der Waals surface area contributed by atoms with E-state index < -0.39 is 13.2 Å². The molecule has 0 fully saturated rings. The highest BCUT2D eigenvalue weighted by Gasteiger charge is 2.43. The van der Waals surface area contributed by atoms with Gasteiger partial charge in [0.15, 0.2) is 0 Å². The molecule has 0 atom stereocenters. The number of esters is 1. The molecule has 3 aromatic carbocycles. The molecule has 2 nitrogen and oxygen atoms in total. The van der Waals surface area contributed by atoms with Crippen molar-refractivity contribution in [1.29, 1.82) is 0 Å². The summed E-state index contributed by atoms with van der Waals surface area (Å²) >= 11 is 0. The van der Waals surface area contributed by atoms with Crippen molar-refractivity contribution in [2.24, 2.45) is 0 Å². The van der Waals surface area contributed by atoms with E-state index in [2.05, 4.69) is 36.4 Å². The van der Waals surface area contributed by atoms with E-state index in [0.29, 0.717) is 0 Å². The van der Waals surface area contributed by atoms with Crippen LogP contribution in [-0.4, -0.2) is 13.1 Å². The van der Waals surface area contributed by atoms with Crippen molar-refractivity contribution >= 4 is 29.1 Å². The minimum atomic E-state index is -2.33. The first-order chi connectivity index (χ1) is 12.7. The van der Waals surface area contributed by atoms with E-state index in [4.69, 9.17) is 6.11 Å². The number of rotatable bonds is 5. The summed E-state index contributed by atoms with van der Waals surface area (Å²) in [6.07, 6.45) is 0. The number of methoxy groups -OCH3 is 1. The fourth-order valence-corrected chi connectivity index (χ4v) is 6.44. The van der Waals surface area contributed by atoms with Gasteiger partial charge in [-0.15, -0.1) is 0 Å². The molecule has 124 valence electrons. The lowest BCUT2D eigenvalue weighted by molar-refractivity contribution is -0.134. The van der Waals surface area contributed by atoms with Gasteiger partial charge in [0.25, 0.3) is 0 Å². The molecule has 0 bridgehead atoms. The average molecular weight is 348 g/mol. The van der Waals surface area contributed by atoms with Crippen LogP contribution in [0.4, 0.5) is 0 Å². The third kappa shape index (κ3) is 3.55. The number of carbonyl (C=O) groups is 1. The second-order valence-corrected chi connectivity index (χ2v) is 8.75. The smallest absolute Gasteiger partial charge is 0.333 e. The van der Waals surface area contributed by atoms with Gasteiger partial charge < -0.3 is 4.74 Å². The van der Waals surface area contributed by atoms with E-state index in [9.17, 15) is 4.79 Å². The monoisotopic (exact) mass is 348 g/mol. The third-order valence-electron chi connectivity index (χ3n) is 4.05. The minimum Gasteiger partial charge on any atom is -0.466 e. The van der Waals surface area contributed by atoms with E-state index in [1.54, 1.807) is 5.82 Å². The molecular weight excluding hydrogens is 327 g/mol. The average Bonchev–Trinajstić information content (AvgIpc) is 2.73. The summed E-state index contributed by atoms with van der Waals surface area (Å²) in [5.41, 5.74) is 0. The molecule has 0 saturated heterocycles. The zero-order valence-electron chi connectivity index (χ0n) is 15.0. The lowest BCUT2D eigenvalue weighted by Crippen LogP contribution is -2.29. The van der Waals surface area contributed by atoms with Gasteiger partial charge in [0, 0.05) is 0 Å². The molecule has 0 aliphatic rings. The van der Waals surface area contributed by atoms with Gasteiger partial charge in [0.2, 0.25) is 0 Å². The summed E-state index contributed by atoms with van der Waals surface area (Å²) in [5.74, 6) is 1.16. The van der Waals surface area contributed by atoms with Crippen LogP contribution >= 0.6 is 7.26 Å². The molecule has 0 aliphatic heterocycles. The van der Waals surface area contributed by atoms with E-state index >= 15 is 0 Å². The lowest BCUT2D eigenvalue weighted by Gasteiger charge is -2.23. The number of benzene rings is 3. The van der Waals surface area contributed by atoms with Crippen LogP contribution in [0.2, 0.25) is 0 Å². The van der Waals surface area contributed by atoms with Crippen molar-refractivity contribution in [3.63, 3.8) is 0 Å². The van der Waals surface area contributed by atoms with Crippen molar-refractivity contribution in [2.45, 2.75) is 0 Å². The molecule has 0 saturated carbocycles. The topological polar surface area (TPSA) is 26.3 Å². The van der Waals surface area contributed by atoms with E-state index in [-0.39, 0.29) is 6.05 Å². The molecule has 0 aliphatic carbocycles. The van der Waals surface area contributed by atoms with Crippen LogP contribution in [0.5, 0.6) is 0 Å². The number of hydrogen-bond acceptors (Lipinski definition) is 2. The fourth-order valence-electron chi connectivity index (χ4n) is 2.87. The van der Waals surface area contributed by atoms with Gasteiger partial charge in [-0.25, -0.2) is 4.79 Å². The first kappa shape index (κ1) is 15.8. The van der Waals surface area contributed by atoms with Gasteiger partial charge in [0.1, 0.15) is 23.2 Å². The van der Waals surface area contributed by atoms with E-state index in [0.717, 1.165) is 15.9 Å². The maximum Gasteiger partial charge on any atom is 0.333 e. The molecule has 0 radical (unpaired) electrons. The first-order valence-electron chi connectivity index (χ1n) is 8.52. The molecule has 25 heavy (non-hydrogen) atoms. The number of carbonyl (C=O) groups excluding carboxylic acids is 1. The summed E-state index contributed by atoms with van der Waals surface area (Å²) in [6, 6.07) is 30.1. The van der Waals surface area contributed by atoms with Crippen molar-refractivity contribution in [3.8, 4) is 0 Å². The predicted molar refractivity (Wildman–Crippen MR) is 106 cm³/mol. The van der Waals surface area contributed by atoms with Gasteiger partial charge in [0.05, 0.1) is 20.3 Å². The fraction of sp³-hybridized carbons (Fsp3) is 0.0455. The molecule has 3 aromatic rings. The summed E-state index contributed by atoms with van der Waals surface area (Å²) in [4.78, 5) is 12.0. The Kier molecular flexibility index (Phi) is 5.00. The number of hydrogen-bond donors (Lipinski definition) is 0. The molecule has 0 amide bonds. The maximum atomic E-state index is 12.0. The van der Waals surface area contributed by atoms with Crippen molar-refractivity contribution < 1.29 is 10.9 Å². The summed E-state index contributed by atoms with van der Waals surface area (Å²) in [7, 11) is -1.02. The van der Waals surface area contributed by atoms with Gasteiger partial charge in [-0.05, 0) is 36.4 Å². The maximum absolute atomic E-state index is 12.0. The Morgan fingerprint density at radius 1 is 0.800 bits per heavy atom. The Morgan fingerprint density at radius 3 is 1.48 bits per heavy atom. The Hall–Kier alpha value is -2.70. The van der Waals surface area contributed by atoms with Gasteiger partial charge in [-0.1, -0.05) is 54.6 Å². The molecule has 3 rings (SSSR count). The Bertz CT molecular complexity index is 797.